The van der Waals surface area contributed by atoms with Gasteiger partial charge in [0.1, 0.15) is 5.69 Å². The van der Waals surface area contributed by atoms with Crippen LogP contribution in [-0.4, -0.2) is 99.4 Å². The van der Waals surface area contributed by atoms with Crippen LogP contribution in [-0.2, 0) is 10.2 Å². The van der Waals surface area contributed by atoms with Crippen LogP contribution in [0, 0.1) is 0 Å². The first-order chi connectivity index (χ1) is 17.9. The van der Waals surface area contributed by atoms with E-state index >= 15 is 0 Å². The third-order valence-electron chi connectivity index (χ3n) is 7.03. The smallest absolute Gasteiger partial charge is 0.301 e. The summed E-state index contributed by atoms with van der Waals surface area (Å²) < 4.78 is 29.5. The number of nitrogens with zero attached hydrogens (tertiary/aromatic N) is 5. The third-order valence-corrected chi connectivity index (χ3v) is 8.57. The average molecular weight is 527 g/mol. The minimum atomic E-state index is -3.63. The normalized spacial score (nSPS) is 17.2. The number of nitrogens with one attached hydrogen (secondary N) is 3. The van der Waals surface area contributed by atoms with E-state index in [0.717, 1.165) is 29.0 Å². The predicted molar refractivity (Wildman–Crippen MR) is 147 cm³/mol. The molecule has 0 unspecified atom stereocenters. The standard InChI is InChI=1S/C25H34N8O3S/c1-3-30(2)23-5-4-8-27-24(23)31-13-15-32(16-14-31)25(34)22-18-19-17-20(6-7-21(19)28-22)29-37(35,36)33-11-9-26-10-12-33/h4-8,17-18,26,28-29H,3,9-16H2,1-2H3. The Kier molecular flexibility index (Phi) is 7.22. The van der Waals surface area contributed by atoms with Gasteiger partial charge < -0.3 is 25.0 Å². The van der Waals surface area contributed by atoms with Gasteiger partial charge in [0.05, 0.1) is 11.4 Å². The van der Waals surface area contributed by atoms with Crippen molar-refractivity contribution in [1.29, 1.82) is 0 Å². The molecule has 4 heterocycles. The molecular formula is C25H34N8O3S. The molecule has 2 aromatic heterocycles. The summed E-state index contributed by atoms with van der Waals surface area (Å²) in [6, 6.07) is 11.1. The first-order valence-electron chi connectivity index (χ1n) is 12.7. The second-order valence-electron chi connectivity index (χ2n) is 9.38. The van der Waals surface area contributed by atoms with Crippen molar-refractivity contribution in [1.82, 2.24) is 24.5 Å². The summed E-state index contributed by atoms with van der Waals surface area (Å²) in [6.45, 7) is 7.72. The van der Waals surface area contributed by atoms with Crippen molar-refractivity contribution in [2.45, 2.75) is 6.92 Å². The Hall–Kier alpha value is -3.35. The van der Waals surface area contributed by atoms with Gasteiger partial charge in [-0.3, -0.25) is 9.52 Å². The second kappa shape index (κ2) is 10.6. The van der Waals surface area contributed by atoms with Crippen molar-refractivity contribution in [3.05, 3.63) is 48.3 Å². The van der Waals surface area contributed by atoms with E-state index in [0.29, 0.717) is 63.7 Å². The molecule has 0 atom stereocenters. The van der Waals surface area contributed by atoms with Crippen LogP contribution in [0.1, 0.15) is 17.4 Å². The van der Waals surface area contributed by atoms with Crippen molar-refractivity contribution >= 4 is 44.2 Å². The number of pyridine rings is 1. The van der Waals surface area contributed by atoms with E-state index in [9.17, 15) is 13.2 Å². The topological polar surface area (TPSA) is 117 Å². The molecule has 1 aromatic carbocycles. The number of rotatable bonds is 7. The molecule has 198 valence electrons. The highest BCUT2D eigenvalue weighted by atomic mass is 32.2. The number of hydrogen-bond acceptors (Lipinski definition) is 7. The monoisotopic (exact) mass is 526 g/mol. The van der Waals surface area contributed by atoms with Gasteiger partial charge in [0.15, 0.2) is 5.82 Å². The summed E-state index contributed by atoms with van der Waals surface area (Å²) in [6.07, 6.45) is 1.81. The highest BCUT2D eigenvalue weighted by molar-refractivity contribution is 7.90. The molecule has 2 saturated heterocycles. The van der Waals surface area contributed by atoms with Crippen LogP contribution in [0.25, 0.3) is 10.9 Å². The zero-order valence-electron chi connectivity index (χ0n) is 21.3. The van der Waals surface area contributed by atoms with Crippen molar-refractivity contribution in [3.63, 3.8) is 0 Å². The largest absolute Gasteiger partial charge is 0.372 e. The second-order valence-corrected chi connectivity index (χ2v) is 11.1. The van der Waals surface area contributed by atoms with E-state index < -0.39 is 10.2 Å². The lowest BCUT2D eigenvalue weighted by atomic mass is 10.2. The van der Waals surface area contributed by atoms with Gasteiger partial charge in [-0.2, -0.15) is 12.7 Å². The fraction of sp³-hybridized carbons (Fsp3) is 0.440. The summed E-state index contributed by atoms with van der Waals surface area (Å²) in [7, 11) is -1.57. The molecule has 0 saturated carbocycles. The minimum absolute atomic E-state index is 0.0641. The Morgan fingerprint density at radius 2 is 1.84 bits per heavy atom. The fourth-order valence-electron chi connectivity index (χ4n) is 4.80. The number of anilines is 3. The van der Waals surface area contributed by atoms with Crippen molar-refractivity contribution in [2.75, 3.05) is 80.5 Å². The Labute approximate surface area is 217 Å². The lowest BCUT2D eigenvalue weighted by molar-refractivity contribution is 0.0741. The zero-order chi connectivity index (χ0) is 26.0. The van der Waals surface area contributed by atoms with E-state index in [2.05, 4.69) is 49.8 Å². The fourth-order valence-corrected chi connectivity index (χ4v) is 6.02. The molecule has 5 rings (SSSR count). The molecule has 1 amide bonds. The molecule has 0 spiro atoms. The number of H-pyrrole nitrogens is 1. The van der Waals surface area contributed by atoms with Gasteiger partial charge in [-0.25, -0.2) is 4.98 Å². The first kappa shape index (κ1) is 25.3. The SMILES string of the molecule is CCN(C)c1cccnc1N1CCN(C(=O)c2cc3cc(NS(=O)(=O)N4CCNCC4)ccc3[nH]2)CC1. The maximum atomic E-state index is 13.3. The van der Waals surface area contributed by atoms with E-state index in [1.54, 1.807) is 24.3 Å². The Morgan fingerprint density at radius 3 is 2.57 bits per heavy atom. The van der Waals surface area contributed by atoms with Gasteiger partial charge in [-0.1, -0.05) is 0 Å². The first-order valence-corrected chi connectivity index (χ1v) is 14.1. The number of carbonyl (C=O) groups excluding carboxylic acids is 1. The van der Waals surface area contributed by atoms with E-state index in [1.807, 2.05) is 17.2 Å². The number of amides is 1. The molecule has 0 aliphatic carbocycles. The lowest BCUT2D eigenvalue weighted by Gasteiger charge is -2.36. The molecular weight excluding hydrogens is 492 g/mol. The van der Waals surface area contributed by atoms with Gasteiger partial charge >= 0.3 is 10.2 Å². The van der Waals surface area contributed by atoms with E-state index in [-0.39, 0.29) is 5.91 Å². The van der Waals surface area contributed by atoms with Crippen LogP contribution < -0.4 is 19.8 Å². The predicted octanol–water partition coefficient (Wildman–Crippen LogP) is 1.54. The molecule has 0 radical (unpaired) electrons. The number of aromatic nitrogens is 2. The zero-order valence-corrected chi connectivity index (χ0v) is 22.1. The van der Waals surface area contributed by atoms with Crippen LogP contribution >= 0.6 is 0 Å². The number of piperazine rings is 2. The van der Waals surface area contributed by atoms with Crippen LogP contribution in [0.15, 0.2) is 42.6 Å². The third kappa shape index (κ3) is 5.36. The maximum absolute atomic E-state index is 13.3. The van der Waals surface area contributed by atoms with Crippen LogP contribution in [0.4, 0.5) is 17.2 Å². The van der Waals surface area contributed by atoms with E-state index in [1.165, 1.54) is 4.31 Å². The number of aromatic amines is 1. The van der Waals surface area contributed by atoms with Crippen molar-refractivity contribution < 1.29 is 13.2 Å². The quantitative estimate of drug-likeness (QED) is 0.428. The summed E-state index contributed by atoms with van der Waals surface area (Å²) in [5, 5.41) is 3.93. The van der Waals surface area contributed by atoms with Crippen molar-refractivity contribution in [3.8, 4) is 0 Å². The molecule has 37 heavy (non-hydrogen) atoms. The summed E-state index contributed by atoms with van der Waals surface area (Å²) in [4.78, 5) is 27.3. The summed E-state index contributed by atoms with van der Waals surface area (Å²) in [5.41, 5.74) is 2.84. The number of fused-ring (bicyclic) bond motifs is 1. The number of hydrogen-bond donors (Lipinski definition) is 3. The minimum Gasteiger partial charge on any atom is -0.372 e. The maximum Gasteiger partial charge on any atom is 0.301 e. The van der Waals surface area contributed by atoms with Crippen molar-refractivity contribution in [2.24, 2.45) is 0 Å². The molecule has 2 aliphatic rings. The van der Waals surface area contributed by atoms with Crippen LogP contribution in [0.2, 0.25) is 0 Å². The Morgan fingerprint density at radius 1 is 1.08 bits per heavy atom. The Balaban J connectivity index is 1.25. The molecule has 3 aromatic rings. The summed E-state index contributed by atoms with van der Waals surface area (Å²) in [5.74, 6) is 0.881. The lowest BCUT2D eigenvalue weighted by Crippen LogP contribution is -2.49. The Bertz CT molecular complexity index is 1360. The molecule has 2 fully saturated rings. The molecule has 3 N–H and O–H groups in total. The van der Waals surface area contributed by atoms with Gasteiger partial charge in [-0.15, -0.1) is 0 Å². The number of benzene rings is 1. The molecule has 11 nitrogen and oxygen atoms in total. The van der Waals surface area contributed by atoms with Gasteiger partial charge in [-0.05, 0) is 43.3 Å². The summed E-state index contributed by atoms with van der Waals surface area (Å²) >= 11 is 0. The highest BCUT2D eigenvalue weighted by Crippen LogP contribution is 2.27. The molecule has 12 heteroatoms. The average Bonchev–Trinajstić information content (AvgIpc) is 3.36. The highest BCUT2D eigenvalue weighted by Gasteiger charge is 2.26. The molecule has 2 aliphatic heterocycles. The van der Waals surface area contributed by atoms with Crippen LogP contribution in [0.5, 0.6) is 0 Å². The van der Waals surface area contributed by atoms with Gasteiger partial charge in [0.25, 0.3) is 5.91 Å². The van der Waals surface area contributed by atoms with Gasteiger partial charge in [0, 0.05) is 83.1 Å². The van der Waals surface area contributed by atoms with Gasteiger partial charge in [0.2, 0.25) is 0 Å². The molecule has 0 bridgehead atoms. The van der Waals surface area contributed by atoms with Crippen LogP contribution in [0.3, 0.4) is 0 Å². The van der Waals surface area contributed by atoms with E-state index in [4.69, 9.17) is 0 Å². The number of carbonyl (C=O) groups is 1.